The van der Waals surface area contributed by atoms with Crippen LogP contribution in [0.4, 0.5) is 0 Å². The Labute approximate surface area is 83.3 Å². The van der Waals surface area contributed by atoms with Gasteiger partial charge in [0.05, 0.1) is 17.7 Å². The molecule has 0 fully saturated rings. The van der Waals surface area contributed by atoms with Crippen molar-refractivity contribution in [3.8, 4) is 0 Å². The lowest BCUT2D eigenvalue weighted by Gasteiger charge is -2.11. The second kappa shape index (κ2) is 3.50. The fourth-order valence-corrected chi connectivity index (χ4v) is 2.01. The average molecular weight is 190 g/mol. The Hall–Kier alpha value is -1.22. The second-order valence-electron chi connectivity index (χ2n) is 3.83. The molecule has 2 unspecified atom stereocenters. The summed E-state index contributed by atoms with van der Waals surface area (Å²) >= 11 is 0. The number of nitrogens with two attached hydrogens (primary N) is 1. The van der Waals surface area contributed by atoms with Gasteiger partial charge >= 0.3 is 0 Å². The SMILES string of the molecule is CC(N)C(=O)C1CCc2cccnc21. The topological polar surface area (TPSA) is 56.0 Å². The quantitative estimate of drug-likeness (QED) is 0.757. The van der Waals surface area contributed by atoms with Crippen LogP contribution in [-0.2, 0) is 11.2 Å². The summed E-state index contributed by atoms with van der Waals surface area (Å²) in [6.45, 7) is 1.74. The number of carbonyl (C=O) groups is 1. The van der Waals surface area contributed by atoms with E-state index in [9.17, 15) is 4.79 Å². The van der Waals surface area contributed by atoms with E-state index in [1.54, 1.807) is 13.1 Å². The minimum atomic E-state index is -0.382. The molecule has 14 heavy (non-hydrogen) atoms. The van der Waals surface area contributed by atoms with Crippen molar-refractivity contribution in [1.29, 1.82) is 0 Å². The number of Topliss-reactive ketones (excluding diaryl/α,β-unsaturated/α-hetero) is 1. The smallest absolute Gasteiger partial charge is 0.158 e. The molecule has 74 valence electrons. The van der Waals surface area contributed by atoms with Crippen LogP contribution in [0.25, 0.3) is 0 Å². The summed E-state index contributed by atoms with van der Waals surface area (Å²) in [5.74, 6) is 0.0497. The summed E-state index contributed by atoms with van der Waals surface area (Å²) in [5, 5.41) is 0. The van der Waals surface area contributed by atoms with E-state index < -0.39 is 0 Å². The highest BCUT2D eigenvalue weighted by molar-refractivity contribution is 5.90. The first kappa shape index (κ1) is 9.34. The zero-order valence-electron chi connectivity index (χ0n) is 8.23. The number of rotatable bonds is 2. The van der Waals surface area contributed by atoms with Crippen molar-refractivity contribution in [3.63, 3.8) is 0 Å². The van der Waals surface area contributed by atoms with Crippen LogP contribution in [-0.4, -0.2) is 16.8 Å². The number of nitrogens with zero attached hydrogens (tertiary/aromatic N) is 1. The number of hydrogen-bond donors (Lipinski definition) is 1. The zero-order chi connectivity index (χ0) is 10.1. The fraction of sp³-hybridized carbons (Fsp3) is 0.455. The lowest BCUT2D eigenvalue weighted by Crippen LogP contribution is -2.31. The third-order valence-electron chi connectivity index (χ3n) is 2.75. The molecule has 0 aliphatic heterocycles. The van der Waals surface area contributed by atoms with Gasteiger partial charge in [0.2, 0.25) is 0 Å². The van der Waals surface area contributed by atoms with E-state index in [2.05, 4.69) is 4.98 Å². The molecule has 0 radical (unpaired) electrons. The molecule has 1 aromatic rings. The molecular formula is C11H14N2O. The van der Waals surface area contributed by atoms with Crippen molar-refractivity contribution in [2.75, 3.05) is 0 Å². The summed E-state index contributed by atoms with van der Waals surface area (Å²) in [6, 6.07) is 3.57. The first-order chi connectivity index (χ1) is 6.70. The predicted molar refractivity (Wildman–Crippen MR) is 54.0 cm³/mol. The number of ketones is 1. The monoisotopic (exact) mass is 190 g/mol. The molecule has 0 aromatic carbocycles. The molecule has 1 heterocycles. The van der Waals surface area contributed by atoms with Crippen molar-refractivity contribution in [2.45, 2.75) is 31.7 Å². The van der Waals surface area contributed by atoms with Gasteiger partial charge in [0.15, 0.2) is 5.78 Å². The van der Waals surface area contributed by atoms with Gasteiger partial charge in [-0.3, -0.25) is 9.78 Å². The number of pyridine rings is 1. The maximum atomic E-state index is 11.7. The van der Waals surface area contributed by atoms with Crippen LogP contribution in [0.15, 0.2) is 18.3 Å². The minimum absolute atomic E-state index is 0.0637. The van der Waals surface area contributed by atoms with Gasteiger partial charge in [-0.2, -0.15) is 0 Å². The summed E-state index contributed by atoms with van der Waals surface area (Å²) < 4.78 is 0. The van der Waals surface area contributed by atoms with E-state index in [4.69, 9.17) is 5.73 Å². The van der Waals surface area contributed by atoms with Crippen LogP contribution in [0.1, 0.15) is 30.5 Å². The van der Waals surface area contributed by atoms with E-state index in [0.29, 0.717) is 0 Å². The molecule has 3 heteroatoms. The van der Waals surface area contributed by atoms with Crippen molar-refractivity contribution in [3.05, 3.63) is 29.6 Å². The highest BCUT2D eigenvalue weighted by Crippen LogP contribution is 2.32. The Balaban J connectivity index is 2.30. The molecule has 0 saturated carbocycles. The average Bonchev–Trinajstić information content (AvgIpc) is 2.60. The molecule has 0 amide bonds. The molecular weight excluding hydrogens is 176 g/mol. The first-order valence-corrected chi connectivity index (χ1v) is 4.93. The van der Waals surface area contributed by atoms with Crippen molar-refractivity contribution < 1.29 is 4.79 Å². The van der Waals surface area contributed by atoms with Gasteiger partial charge < -0.3 is 5.73 Å². The summed E-state index contributed by atoms with van der Waals surface area (Å²) in [4.78, 5) is 16.0. The Kier molecular flexibility index (Phi) is 2.33. The summed E-state index contributed by atoms with van der Waals surface area (Å²) in [6.07, 6.45) is 3.56. The van der Waals surface area contributed by atoms with Crippen LogP contribution in [0.5, 0.6) is 0 Å². The molecule has 1 aliphatic rings. The molecule has 2 rings (SSSR count). The van der Waals surface area contributed by atoms with Crippen molar-refractivity contribution in [1.82, 2.24) is 4.98 Å². The molecule has 1 aromatic heterocycles. The molecule has 3 nitrogen and oxygen atoms in total. The van der Waals surface area contributed by atoms with E-state index in [-0.39, 0.29) is 17.7 Å². The second-order valence-corrected chi connectivity index (χ2v) is 3.83. The van der Waals surface area contributed by atoms with Crippen LogP contribution in [0, 0.1) is 0 Å². The van der Waals surface area contributed by atoms with Gasteiger partial charge in [0.1, 0.15) is 0 Å². The molecule has 2 atom stereocenters. The van der Waals surface area contributed by atoms with Crippen LogP contribution < -0.4 is 5.73 Å². The van der Waals surface area contributed by atoms with E-state index >= 15 is 0 Å². The third kappa shape index (κ3) is 1.44. The molecule has 0 saturated heterocycles. The van der Waals surface area contributed by atoms with Gasteiger partial charge in [-0.25, -0.2) is 0 Å². The lowest BCUT2D eigenvalue weighted by atomic mass is 9.97. The van der Waals surface area contributed by atoms with Gasteiger partial charge in [-0.15, -0.1) is 0 Å². The number of aromatic nitrogens is 1. The molecule has 1 aliphatic carbocycles. The van der Waals surface area contributed by atoms with Crippen LogP contribution in [0.3, 0.4) is 0 Å². The first-order valence-electron chi connectivity index (χ1n) is 4.93. The van der Waals surface area contributed by atoms with Gasteiger partial charge in [0.25, 0.3) is 0 Å². The third-order valence-corrected chi connectivity index (χ3v) is 2.75. The highest BCUT2D eigenvalue weighted by Gasteiger charge is 2.30. The Morgan fingerprint density at radius 1 is 1.71 bits per heavy atom. The maximum absolute atomic E-state index is 11.7. The van der Waals surface area contributed by atoms with Crippen LogP contribution in [0.2, 0.25) is 0 Å². The summed E-state index contributed by atoms with van der Waals surface area (Å²) in [7, 11) is 0. The largest absolute Gasteiger partial charge is 0.322 e. The van der Waals surface area contributed by atoms with Gasteiger partial charge in [0, 0.05) is 6.20 Å². The van der Waals surface area contributed by atoms with Gasteiger partial charge in [-0.1, -0.05) is 6.07 Å². The van der Waals surface area contributed by atoms with Crippen molar-refractivity contribution in [2.24, 2.45) is 5.73 Å². The van der Waals surface area contributed by atoms with Crippen molar-refractivity contribution >= 4 is 5.78 Å². The Morgan fingerprint density at radius 3 is 3.21 bits per heavy atom. The standard InChI is InChI=1S/C11H14N2O/c1-7(12)11(14)9-5-4-8-3-2-6-13-10(8)9/h2-3,6-7,9H,4-5,12H2,1H3. The van der Waals surface area contributed by atoms with Crippen LogP contribution >= 0.6 is 0 Å². The predicted octanol–water partition coefficient (Wildman–Crippen LogP) is 1.03. The van der Waals surface area contributed by atoms with E-state index in [1.807, 2.05) is 12.1 Å². The number of carbonyl (C=O) groups excluding carboxylic acids is 1. The van der Waals surface area contributed by atoms with E-state index in [0.717, 1.165) is 18.5 Å². The fourth-order valence-electron chi connectivity index (χ4n) is 2.01. The zero-order valence-corrected chi connectivity index (χ0v) is 8.23. The number of aryl methyl sites for hydroxylation is 1. The number of fused-ring (bicyclic) bond motifs is 1. The Morgan fingerprint density at radius 2 is 2.50 bits per heavy atom. The highest BCUT2D eigenvalue weighted by atomic mass is 16.1. The normalized spacial score (nSPS) is 21.7. The maximum Gasteiger partial charge on any atom is 0.158 e. The molecule has 2 N–H and O–H groups in total. The molecule has 0 spiro atoms. The Bertz CT molecular complexity index is 360. The minimum Gasteiger partial charge on any atom is -0.322 e. The molecule has 0 bridgehead atoms. The summed E-state index contributed by atoms with van der Waals surface area (Å²) in [5.41, 5.74) is 7.74. The number of hydrogen-bond acceptors (Lipinski definition) is 3. The van der Waals surface area contributed by atoms with Gasteiger partial charge in [-0.05, 0) is 31.4 Å². The van der Waals surface area contributed by atoms with E-state index in [1.165, 1.54) is 5.56 Å². The lowest BCUT2D eigenvalue weighted by molar-refractivity contribution is -0.121.